The van der Waals surface area contributed by atoms with Crippen molar-refractivity contribution in [3.8, 4) is 0 Å². The van der Waals surface area contributed by atoms with E-state index in [-0.39, 0.29) is 17.7 Å². The van der Waals surface area contributed by atoms with E-state index in [1.807, 2.05) is 13.8 Å². The molecule has 0 saturated heterocycles. The lowest BCUT2D eigenvalue weighted by atomic mass is 9.95. The molecule has 1 unspecified atom stereocenters. The molecule has 0 aliphatic heterocycles. The maximum Gasteiger partial charge on any atom is 0.231 e. The van der Waals surface area contributed by atoms with Gasteiger partial charge >= 0.3 is 0 Å². The Bertz CT molecular complexity index is 333. The molecular weight excluding hydrogens is 194 g/mol. The zero-order valence-electron chi connectivity index (χ0n) is 9.28. The highest BCUT2D eigenvalue weighted by Crippen LogP contribution is 2.14. The molecule has 0 aromatic carbocycles. The molecule has 5 heteroatoms. The van der Waals surface area contributed by atoms with Gasteiger partial charge in [-0.2, -0.15) is 0 Å². The topological polar surface area (TPSA) is 81.2 Å². The van der Waals surface area contributed by atoms with Gasteiger partial charge in [-0.15, -0.1) is 0 Å². The van der Waals surface area contributed by atoms with Crippen LogP contribution in [0.5, 0.6) is 0 Å². The van der Waals surface area contributed by atoms with Gasteiger partial charge in [-0.3, -0.25) is 10.1 Å². The lowest BCUT2D eigenvalue weighted by Crippen LogP contribution is -2.32. The summed E-state index contributed by atoms with van der Waals surface area (Å²) in [6, 6.07) is 1.67. The number of aryl methyl sites for hydroxylation is 1. The van der Waals surface area contributed by atoms with Gasteiger partial charge in [0, 0.05) is 12.6 Å². The number of aromatic nitrogens is 1. The molecule has 0 bridgehead atoms. The summed E-state index contributed by atoms with van der Waals surface area (Å²) in [5.74, 6) is 0.259. The first-order chi connectivity index (χ1) is 7.04. The molecule has 0 saturated carbocycles. The zero-order chi connectivity index (χ0) is 11.4. The molecule has 1 aromatic heterocycles. The fourth-order valence-electron chi connectivity index (χ4n) is 1.32. The van der Waals surface area contributed by atoms with Crippen molar-refractivity contribution >= 4 is 11.8 Å². The summed E-state index contributed by atoms with van der Waals surface area (Å²) in [5, 5.41) is 6.33. The minimum Gasteiger partial charge on any atom is -0.338 e. The van der Waals surface area contributed by atoms with Crippen molar-refractivity contribution in [3.05, 3.63) is 11.8 Å². The zero-order valence-corrected chi connectivity index (χ0v) is 9.28. The van der Waals surface area contributed by atoms with Crippen molar-refractivity contribution in [1.29, 1.82) is 0 Å². The van der Waals surface area contributed by atoms with Crippen LogP contribution in [0.1, 0.15) is 19.5 Å². The number of carbonyl (C=O) groups is 1. The van der Waals surface area contributed by atoms with E-state index in [4.69, 9.17) is 10.3 Å². The van der Waals surface area contributed by atoms with E-state index < -0.39 is 0 Å². The van der Waals surface area contributed by atoms with E-state index in [9.17, 15) is 4.79 Å². The average Bonchev–Trinajstić information content (AvgIpc) is 2.51. The van der Waals surface area contributed by atoms with Gasteiger partial charge in [0.1, 0.15) is 0 Å². The van der Waals surface area contributed by atoms with Crippen LogP contribution in [-0.2, 0) is 4.79 Å². The van der Waals surface area contributed by atoms with Crippen molar-refractivity contribution < 1.29 is 9.32 Å². The summed E-state index contributed by atoms with van der Waals surface area (Å²) < 4.78 is 4.89. The molecule has 15 heavy (non-hydrogen) atoms. The summed E-state index contributed by atoms with van der Waals surface area (Å²) in [4.78, 5) is 11.7. The van der Waals surface area contributed by atoms with Crippen LogP contribution in [0, 0.1) is 18.8 Å². The second-order valence-electron chi connectivity index (χ2n) is 3.91. The third-order valence-electron chi connectivity index (χ3n) is 2.27. The van der Waals surface area contributed by atoms with Gasteiger partial charge in [0.05, 0.1) is 11.6 Å². The summed E-state index contributed by atoms with van der Waals surface area (Å²) >= 11 is 0. The van der Waals surface area contributed by atoms with Crippen LogP contribution in [0.3, 0.4) is 0 Å². The van der Waals surface area contributed by atoms with Gasteiger partial charge in [0.25, 0.3) is 0 Å². The molecule has 1 amide bonds. The van der Waals surface area contributed by atoms with E-state index in [0.717, 1.165) is 5.69 Å². The number of nitrogens with two attached hydrogens (primary N) is 1. The molecule has 1 atom stereocenters. The number of nitrogens with one attached hydrogen (secondary N) is 1. The minimum atomic E-state index is -0.199. The Morgan fingerprint density at radius 1 is 1.67 bits per heavy atom. The van der Waals surface area contributed by atoms with E-state index >= 15 is 0 Å². The van der Waals surface area contributed by atoms with Gasteiger partial charge < -0.3 is 10.3 Å². The van der Waals surface area contributed by atoms with Crippen molar-refractivity contribution in [2.45, 2.75) is 20.8 Å². The molecule has 0 aliphatic rings. The summed E-state index contributed by atoms with van der Waals surface area (Å²) in [6.07, 6.45) is 0. The Morgan fingerprint density at radius 3 is 2.73 bits per heavy atom. The van der Waals surface area contributed by atoms with Gasteiger partial charge in [-0.25, -0.2) is 0 Å². The van der Waals surface area contributed by atoms with Crippen LogP contribution < -0.4 is 11.1 Å². The predicted molar refractivity (Wildman–Crippen MR) is 57.3 cm³/mol. The number of anilines is 1. The number of nitrogens with zero attached hydrogens (tertiary/aromatic N) is 1. The highest BCUT2D eigenvalue weighted by Gasteiger charge is 2.21. The highest BCUT2D eigenvalue weighted by molar-refractivity contribution is 5.91. The molecule has 0 fully saturated rings. The number of carbonyl (C=O) groups excluding carboxylic acids is 1. The van der Waals surface area contributed by atoms with Crippen LogP contribution in [0.15, 0.2) is 10.6 Å². The van der Waals surface area contributed by atoms with Gasteiger partial charge in [0.2, 0.25) is 11.8 Å². The SMILES string of the molecule is Cc1cc(NC(=O)C(CN)C(C)C)on1. The molecule has 84 valence electrons. The smallest absolute Gasteiger partial charge is 0.231 e. The van der Waals surface area contributed by atoms with Crippen molar-refractivity contribution in [1.82, 2.24) is 5.16 Å². The Labute approximate surface area is 89.0 Å². The van der Waals surface area contributed by atoms with Crippen LogP contribution in [0.4, 0.5) is 5.88 Å². The minimum absolute atomic E-state index is 0.122. The highest BCUT2D eigenvalue weighted by atomic mass is 16.5. The number of hydrogen-bond donors (Lipinski definition) is 2. The third-order valence-corrected chi connectivity index (χ3v) is 2.27. The largest absolute Gasteiger partial charge is 0.338 e. The lowest BCUT2D eigenvalue weighted by Gasteiger charge is -2.16. The van der Waals surface area contributed by atoms with Gasteiger partial charge in [0.15, 0.2) is 0 Å². The molecule has 1 rings (SSSR count). The first-order valence-corrected chi connectivity index (χ1v) is 4.98. The fourth-order valence-corrected chi connectivity index (χ4v) is 1.32. The quantitative estimate of drug-likeness (QED) is 0.782. The Kier molecular flexibility index (Phi) is 3.85. The second-order valence-corrected chi connectivity index (χ2v) is 3.91. The molecule has 0 radical (unpaired) electrons. The Balaban J connectivity index is 2.62. The molecular formula is C10H17N3O2. The maximum absolute atomic E-state index is 11.7. The summed E-state index contributed by atoms with van der Waals surface area (Å²) in [6.45, 7) is 6.05. The van der Waals surface area contributed by atoms with Crippen LogP contribution in [0.25, 0.3) is 0 Å². The molecule has 1 aromatic rings. The van der Waals surface area contributed by atoms with Gasteiger partial charge in [-0.1, -0.05) is 19.0 Å². The van der Waals surface area contributed by atoms with Crippen LogP contribution in [0.2, 0.25) is 0 Å². The van der Waals surface area contributed by atoms with E-state index in [2.05, 4.69) is 10.5 Å². The van der Waals surface area contributed by atoms with E-state index in [1.54, 1.807) is 13.0 Å². The van der Waals surface area contributed by atoms with Crippen LogP contribution >= 0.6 is 0 Å². The second kappa shape index (κ2) is 4.93. The van der Waals surface area contributed by atoms with Crippen molar-refractivity contribution in [3.63, 3.8) is 0 Å². The fraction of sp³-hybridized carbons (Fsp3) is 0.600. The Morgan fingerprint density at radius 2 is 2.33 bits per heavy atom. The average molecular weight is 211 g/mol. The van der Waals surface area contributed by atoms with Crippen molar-refractivity contribution in [2.75, 3.05) is 11.9 Å². The van der Waals surface area contributed by atoms with E-state index in [1.165, 1.54) is 0 Å². The molecule has 5 nitrogen and oxygen atoms in total. The first-order valence-electron chi connectivity index (χ1n) is 4.98. The van der Waals surface area contributed by atoms with E-state index in [0.29, 0.717) is 12.4 Å². The van der Waals surface area contributed by atoms with Gasteiger partial charge in [-0.05, 0) is 12.8 Å². The molecule has 0 aliphatic carbocycles. The molecule has 3 N–H and O–H groups in total. The lowest BCUT2D eigenvalue weighted by molar-refractivity contribution is -0.120. The monoisotopic (exact) mass is 211 g/mol. The number of hydrogen-bond acceptors (Lipinski definition) is 4. The van der Waals surface area contributed by atoms with Crippen molar-refractivity contribution in [2.24, 2.45) is 17.6 Å². The molecule has 0 spiro atoms. The Hall–Kier alpha value is -1.36. The van der Waals surface area contributed by atoms with Crippen LogP contribution in [-0.4, -0.2) is 17.6 Å². The summed E-state index contributed by atoms with van der Waals surface area (Å²) in [5.41, 5.74) is 6.26. The first kappa shape index (κ1) is 11.7. The maximum atomic E-state index is 11.7. The number of amides is 1. The standard InChI is InChI=1S/C10H17N3O2/c1-6(2)8(5-11)10(14)12-9-4-7(3)13-15-9/h4,6,8H,5,11H2,1-3H3,(H,12,14). The normalized spacial score (nSPS) is 12.9. The predicted octanol–water partition coefficient (Wildman–Crippen LogP) is 1.15. The molecule has 1 heterocycles. The number of rotatable bonds is 4. The third kappa shape index (κ3) is 3.06. The summed E-state index contributed by atoms with van der Waals surface area (Å²) in [7, 11) is 0.